The van der Waals surface area contributed by atoms with Crippen LogP contribution < -0.4 is 10.5 Å². The zero-order valence-corrected chi connectivity index (χ0v) is 13.2. The van der Waals surface area contributed by atoms with Crippen LogP contribution >= 0.6 is 0 Å². The summed E-state index contributed by atoms with van der Waals surface area (Å²) < 4.78 is 0. The second-order valence-corrected chi connectivity index (χ2v) is 5.33. The number of aryl methyl sites for hydroxylation is 1. The molecular formula is C18H20N3O2-. The molecule has 0 aliphatic heterocycles. The topological polar surface area (TPSA) is 77.4 Å². The normalized spacial score (nSPS) is 11.3. The molecule has 2 aromatic rings. The average molecular weight is 310 g/mol. The van der Waals surface area contributed by atoms with Gasteiger partial charge in [0.15, 0.2) is 0 Å². The number of carbonyl (C=O) groups excluding carboxylic acids is 1. The maximum Gasteiger partial charge on any atom is 0.0863 e. The number of aromatic nitrogens is 1. The predicted molar refractivity (Wildman–Crippen MR) is 89.1 cm³/mol. The lowest BCUT2D eigenvalue weighted by Crippen LogP contribution is -2.21. The van der Waals surface area contributed by atoms with E-state index in [9.17, 15) is 9.90 Å². The third kappa shape index (κ3) is 5.90. The number of hydrogen-bond acceptors (Lipinski definition) is 5. The van der Waals surface area contributed by atoms with Gasteiger partial charge in [-0.25, -0.2) is 0 Å². The highest BCUT2D eigenvalue weighted by atomic mass is 16.4. The van der Waals surface area contributed by atoms with Gasteiger partial charge in [0.2, 0.25) is 0 Å². The summed E-state index contributed by atoms with van der Waals surface area (Å²) in [6, 6.07) is 13.6. The molecule has 0 aliphatic carbocycles. The van der Waals surface area contributed by atoms with Gasteiger partial charge in [-0.2, -0.15) is 5.10 Å². The average Bonchev–Trinajstić information content (AvgIpc) is 2.56. The van der Waals surface area contributed by atoms with E-state index >= 15 is 0 Å². The first kappa shape index (κ1) is 16.7. The van der Waals surface area contributed by atoms with Crippen LogP contribution in [-0.2, 0) is 4.79 Å². The van der Waals surface area contributed by atoms with Crippen molar-refractivity contribution < 1.29 is 9.90 Å². The van der Waals surface area contributed by atoms with Gasteiger partial charge >= 0.3 is 0 Å². The highest BCUT2D eigenvalue weighted by Gasteiger charge is 2.05. The number of hydrazone groups is 1. The van der Waals surface area contributed by atoms with Gasteiger partial charge in [0, 0.05) is 12.2 Å². The van der Waals surface area contributed by atoms with Gasteiger partial charge in [0.1, 0.15) is 0 Å². The van der Waals surface area contributed by atoms with Crippen LogP contribution in [0.15, 0.2) is 53.8 Å². The first-order chi connectivity index (χ1) is 11.1. The van der Waals surface area contributed by atoms with Gasteiger partial charge < -0.3 is 9.90 Å². The van der Waals surface area contributed by atoms with Crippen molar-refractivity contribution in [3.8, 4) is 0 Å². The molecule has 0 fully saturated rings. The minimum atomic E-state index is -1.01. The molecule has 1 heterocycles. The third-order valence-electron chi connectivity index (χ3n) is 3.38. The maximum absolute atomic E-state index is 10.5. The Morgan fingerprint density at radius 3 is 2.52 bits per heavy atom. The Morgan fingerprint density at radius 2 is 1.87 bits per heavy atom. The standard InChI is InChI=1S/C18H21N3O2/c1-14-9-11-15(12-10-14)20-21-17(7-2-3-8-18(22)23)16-6-4-5-13-19-16/h4-6,9-13,20H,2-3,7-8H2,1H3,(H,22,23)/p-1/b21-17-. The number of rotatable bonds is 8. The number of nitrogens with zero attached hydrogens (tertiary/aromatic N) is 2. The molecule has 2 rings (SSSR count). The summed E-state index contributed by atoms with van der Waals surface area (Å²) in [6.45, 7) is 2.03. The lowest BCUT2D eigenvalue weighted by atomic mass is 10.1. The molecule has 0 radical (unpaired) electrons. The van der Waals surface area contributed by atoms with Gasteiger partial charge in [-0.3, -0.25) is 10.4 Å². The molecule has 1 aromatic carbocycles. The molecule has 0 atom stereocenters. The maximum atomic E-state index is 10.5. The number of benzene rings is 1. The summed E-state index contributed by atoms with van der Waals surface area (Å²) in [7, 11) is 0. The smallest absolute Gasteiger partial charge is 0.0863 e. The van der Waals surface area contributed by atoms with Crippen LogP contribution in [0.1, 0.15) is 36.9 Å². The Kier molecular flexibility index (Phi) is 6.29. The van der Waals surface area contributed by atoms with Crippen molar-refractivity contribution in [3.05, 3.63) is 59.9 Å². The Morgan fingerprint density at radius 1 is 1.13 bits per heavy atom. The number of hydrogen-bond donors (Lipinski definition) is 1. The minimum absolute atomic E-state index is 0.0703. The van der Waals surface area contributed by atoms with Gasteiger partial charge in [-0.05, 0) is 56.9 Å². The molecule has 5 heteroatoms. The van der Waals surface area contributed by atoms with Crippen LogP contribution in [0.4, 0.5) is 5.69 Å². The van der Waals surface area contributed by atoms with Crippen molar-refractivity contribution in [2.75, 3.05) is 5.43 Å². The Labute approximate surface area is 136 Å². The number of nitrogens with one attached hydrogen (secondary N) is 1. The van der Waals surface area contributed by atoms with Crippen molar-refractivity contribution >= 4 is 17.4 Å². The summed E-state index contributed by atoms with van der Waals surface area (Å²) in [5.74, 6) is -1.01. The summed E-state index contributed by atoms with van der Waals surface area (Å²) in [5.41, 5.74) is 6.73. The zero-order chi connectivity index (χ0) is 16.5. The second kappa shape index (κ2) is 8.68. The van der Waals surface area contributed by atoms with Crippen LogP contribution in [0.3, 0.4) is 0 Å². The van der Waals surface area contributed by atoms with Crippen molar-refractivity contribution in [2.45, 2.75) is 32.6 Å². The molecule has 120 valence electrons. The van der Waals surface area contributed by atoms with E-state index < -0.39 is 5.97 Å². The first-order valence-corrected chi connectivity index (χ1v) is 7.65. The molecule has 0 saturated heterocycles. The zero-order valence-electron chi connectivity index (χ0n) is 13.2. The van der Waals surface area contributed by atoms with Crippen LogP contribution in [0.25, 0.3) is 0 Å². The van der Waals surface area contributed by atoms with Crippen molar-refractivity contribution in [2.24, 2.45) is 5.10 Å². The van der Waals surface area contributed by atoms with E-state index in [4.69, 9.17) is 0 Å². The molecule has 23 heavy (non-hydrogen) atoms. The number of anilines is 1. The van der Waals surface area contributed by atoms with Gasteiger partial charge in [-0.15, -0.1) is 0 Å². The second-order valence-electron chi connectivity index (χ2n) is 5.33. The monoisotopic (exact) mass is 310 g/mol. The summed E-state index contributed by atoms with van der Waals surface area (Å²) in [6.07, 6.45) is 3.74. The van der Waals surface area contributed by atoms with E-state index in [-0.39, 0.29) is 6.42 Å². The van der Waals surface area contributed by atoms with Crippen LogP contribution in [0, 0.1) is 6.92 Å². The van der Waals surface area contributed by atoms with E-state index in [1.165, 1.54) is 5.56 Å². The number of aliphatic carboxylic acids is 1. The SMILES string of the molecule is Cc1ccc(N/N=C(/CCCCC(=O)[O-])c2ccccn2)cc1. The van der Waals surface area contributed by atoms with E-state index in [1.807, 2.05) is 49.4 Å². The molecule has 0 unspecified atom stereocenters. The highest BCUT2D eigenvalue weighted by molar-refractivity contribution is 5.99. The quantitative estimate of drug-likeness (QED) is 0.462. The molecular weight excluding hydrogens is 290 g/mol. The fraction of sp³-hybridized carbons (Fsp3) is 0.278. The first-order valence-electron chi connectivity index (χ1n) is 7.65. The Balaban J connectivity index is 2.04. The van der Waals surface area contributed by atoms with Gasteiger partial charge in [0.05, 0.1) is 17.1 Å². The number of unbranched alkanes of at least 4 members (excludes halogenated alkanes) is 1. The lowest BCUT2D eigenvalue weighted by molar-refractivity contribution is -0.305. The summed E-state index contributed by atoms with van der Waals surface area (Å²) in [5, 5.41) is 14.9. The molecule has 0 aliphatic rings. The molecule has 0 saturated carbocycles. The van der Waals surface area contributed by atoms with Crippen LogP contribution in [0.5, 0.6) is 0 Å². The van der Waals surface area contributed by atoms with E-state index in [2.05, 4.69) is 15.5 Å². The van der Waals surface area contributed by atoms with E-state index in [0.717, 1.165) is 23.5 Å². The predicted octanol–water partition coefficient (Wildman–Crippen LogP) is 2.52. The molecule has 1 N–H and O–H groups in total. The summed E-state index contributed by atoms with van der Waals surface area (Å²) in [4.78, 5) is 14.8. The van der Waals surface area contributed by atoms with Crippen molar-refractivity contribution in [1.82, 2.24) is 4.98 Å². The van der Waals surface area contributed by atoms with Crippen LogP contribution in [0.2, 0.25) is 0 Å². The fourth-order valence-electron chi connectivity index (χ4n) is 2.10. The van der Waals surface area contributed by atoms with E-state index in [0.29, 0.717) is 12.8 Å². The number of carbonyl (C=O) groups is 1. The highest BCUT2D eigenvalue weighted by Crippen LogP contribution is 2.11. The number of carboxylic acids is 1. The van der Waals surface area contributed by atoms with Crippen LogP contribution in [-0.4, -0.2) is 16.7 Å². The Hall–Kier alpha value is -2.69. The molecule has 0 spiro atoms. The Bertz CT molecular complexity index is 652. The molecule has 5 nitrogen and oxygen atoms in total. The third-order valence-corrected chi connectivity index (χ3v) is 3.38. The van der Waals surface area contributed by atoms with E-state index in [1.54, 1.807) is 6.20 Å². The van der Waals surface area contributed by atoms with Gasteiger partial charge in [-0.1, -0.05) is 23.8 Å². The molecule has 0 amide bonds. The largest absolute Gasteiger partial charge is 0.550 e. The number of carboxylic acid groups (broad SMARTS) is 1. The van der Waals surface area contributed by atoms with Crippen molar-refractivity contribution in [1.29, 1.82) is 0 Å². The molecule has 0 bridgehead atoms. The van der Waals surface area contributed by atoms with Gasteiger partial charge in [0.25, 0.3) is 0 Å². The molecule has 1 aromatic heterocycles. The summed E-state index contributed by atoms with van der Waals surface area (Å²) >= 11 is 0. The minimum Gasteiger partial charge on any atom is -0.550 e. The number of pyridine rings is 1. The lowest BCUT2D eigenvalue weighted by Gasteiger charge is -2.08. The fourth-order valence-corrected chi connectivity index (χ4v) is 2.10. The van der Waals surface area contributed by atoms with Crippen molar-refractivity contribution in [3.63, 3.8) is 0 Å².